The zero-order valence-corrected chi connectivity index (χ0v) is 14.2. The second-order valence-electron chi connectivity index (χ2n) is 5.85. The molecule has 4 atom stereocenters. The SMILES string of the molecule is CC(C)C(=O)OC[C@@]1(F)O[C@@](C#N)(n2ccc(N)nc2=S)[C@H](O)[C@@H]1O. The number of hydrogen-bond acceptors (Lipinski definition) is 9. The number of hydrogen-bond donors (Lipinski definition) is 3. The lowest BCUT2D eigenvalue weighted by Gasteiger charge is -2.27. The summed E-state index contributed by atoms with van der Waals surface area (Å²) < 4.78 is 25.4. The average Bonchev–Trinajstić information content (AvgIpc) is 2.75. The first kappa shape index (κ1) is 19.2. The van der Waals surface area contributed by atoms with Gasteiger partial charge in [-0.05, 0) is 18.3 Å². The molecule has 0 aliphatic carbocycles. The van der Waals surface area contributed by atoms with Gasteiger partial charge in [-0.15, -0.1) is 0 Å². The molecule has 1 aliphatic rings. The molecule has 0 aromatic carbocycles. The van der Waals surface area contributed by atoms with Gasteiger partial charge in [0.25, 0.3) is 11.6 Å². The Morgan fingerprint density at radius 3 is 2.80 bits per heavy atom. The van der Waals surface area contributed by atoms with E-state index in [1.165, 1.54) is 26.1 Å². The lowest BCUT2D eigenvalue weighted by atomic mass is 10.0. The molecule has 2 heterocycles. The number of esters is 1. The lowest BCUT2D eigenvalue weighted by molar-refractivity contribution is -0.234. The molecule has 1 aromatic heterocycles. The van der Waals surface area contributed by atoms with Crippen molar-refractivity contribution in [1.29, 1.82) is 5.26 Å². The normalized spacial score (nSPS) is 31.7. The summed E-state index contributed by atoms with van der Waals surface area (Å²) in [4.78, 5) is 15.3. The summed E-state index contributed by atoms with van der Waals surface area (Å²) in [5, 5.41) is 29.8. The average molecular weight is 372 g/mol. The third-order valence-electron chi connectivity index (χ3n) is 3.69. The van der Waals surface area contributed by atoms with E-state index >= 15 is 4.39 Å². The van der Waals surface area contributed by atoms with E-state index in [9.17, 15) is 20.3 Å². The highest BCUT2D eigenvalue weighted by Gasteiger charge is 2.66. The number of nitrogen functional groups attached to an aromatic ring is 1. The molecule has 1 saturated heterocycles. The van der Waals surface area contributed by atoms with E-state index in [2.05, 4.69) is 4.98 Å². The van der Waals surface area contributed by atoms with Crippen LogP contribution in [0.2, 0.25) is 0 Å². The van der Waals surface area contributed by atoms with Gasteiger partial charge in [-0.2, -0.15) is 5.26 Å². The number of rotatable bonds is 4. The second-order valence-corrected chi connectivity index (χ2v) is 6.22. The number of halogens is 1. The van der Waals surface area contributed by atoms with E-state index in [-0.39, 0.29) is 10.6 Å². The Morgan fingerprint density at radius 2 is 2.28 bits per heavy atom. The van der Waals surface area contributed by atoms with Crippen molar-refractivity contribution in [3.8, 4) is 6.07 Å². The van der Waals surface area contributed by atoms with Crippen molar-refractivity contribution >= 4 is 24.0 Å². The third kappa shape index (κ3) is 3.21. The lowest BCUT2D eigenvalue weighted by Crippen LogP contribution is -2.45. The molecule has 0 bridgehead atoms. The standard InChI is InChI=1S/C14H17FN4O5S/c1-7(2)11(22)23-6-13(15)9(20)10(21)14(5-16,24-13)19-4-3-8(17)18-12(19)25/h3-4,7,9-10,20-21H,6H2,1-2H3,(H2,17,18,25)/t9-,10+,13+,14+/m0/s1. The number of aromatic nitrogens is 2. The van der Waals surface area contributed by atoms with Gasteiger partial charge >= 0.3 is 5.97 Å². The summed E-state index contributed by atoms with van der Waals surface area (Å²) >= 11 is 4.96. The molecule has 11 heteroatoms. The summed E-state index contributed by atoms with van der Waals surface area (Å²) in [6, 6.07) is 2.86. The van der Waals surface area contributed by atoms with Crippen LogP contribution in [0, 0.1) is 22.0 Å². The summed E-state index contributed by atoms with van der Waals surface area (Å²) in [7, 11) is 0. The molecular formula is C14H17FN4O5S. The molecular weight excluding hydrogens is 355 g/mol. The molecule has 0 unspecified atom stereocenters. The molecule has 0 saturated carbocycles. The summed E-state index contributed by atoms with van der Waals surface area (Å²) in [5.41, 5.74) is 3.07. The van der Waals surface area contributed by atoms with Gasteiger partial charge in [0.2, 0.25) is 4.77 Å². The zero-order chi connectivity index (χ0) is 19.0. The number of aliphatic hydroxyl groups is 2. The number of carbonyl (C=O) groups excluding carboxylic acids is 1. The molecule has 2 rings (SSSR count). The van der Waals surface area contributed by atoms with Gasteiger partial charge in [-0.1, -0.05) is 13.8 Å². The number of nitrogens with two attached hydrogens (primary N) is 1. The highest BCUT2D eigenvalue weighted by molar-refractivity contribution is 7.71. The van der Waals surface area contributed by atoms with E-state index in [0.717, 1.165) is 4.57 Å². The molecule has 0 amide bonds. The van der Waals surface area contributed by atoms with Gasteiger partial charge in [0.1, 0.15) is 24.1 Å². The fourth-order valence-corrected chi connectivity index (χ4v) is 2.59. The minimum atomic E-state index is -3.02. The fourth-order valence-electron chi connectivity index (χ4n) is 2.28. The second kappa shape index (κ2) is 6.64. The minimum absolute atomic E-state index is 0.0414. The van der Waals surface area contributed by atoms with Crippen LogP contribution in [-0.4, -0.2) is 50.4 Å². The van der Waals surface area contributed by atoms with E-state index in [1.807, 2.05) is 0 Å². The number of ether oxygens (including phenoxy) is 2. The largest absolute Gasteiger partial charge is 0.459 e. The van der Waals surface area contributed by atoms with Crippen LogP contribution in [0.4, 0.5) is 10.2 Å². The molecule has 4 N–H and O–H groups in total. The van der Waals surface area contributed by atoms with Crippen molar-refractivity contribution in [1.82, 2.24) is 9.55 Å². The molecule has 0 radical (unpaired) electrons. The van der Waals surface area contributed by atoms with Crippen LogP contribution in [0.15, 0.2) is 12.3 Å². The van der Waals surface area contributed by atoms with Crippen molar-refractivity contribution in [3.63, 3.8) is 0 Å². The van der Waals surface area contributed by atoms with Crippen LogP contribution in [0.25, 0.3) is 0 Å². The Kier molecular flexibility index (Phi) is 5.10. The fraction of sp³-hybridized carbons (Fsp3) is 0.571. The molecule has 1 aromatic rings. The van der Waals surface area contributed by atoms with Crippen molar-refractivity contribution in [2.45, 2.75) is 37.6 Å². The van der Waals surface area contributed by atoms with Gasteiger partial charge in [-0.25, -0.2) is 9.37 Å². The van der Waals surface area contributed by atoms with Crippen molar-refractivity contribution in [3.05, 3.63) is 17.0 Å². The molecule has 136 valence electrons. The Bertz CT molecular complexity index is 781. The van der Waals surface area contributed by atoms with Gasteiger partial charge in [-0.3, -0.25) is 14.1 Å². The minimum Gasteiger partial charge on any atom is -0.459 e. The maximum Gasteiger partial charge on any atom is 0.308 e. The Hall–Kier alpha value is -2.13. The number of nitriles is 1. The zero-order valence-electron chi connectivity index (χ0n) is 13.4. The van der Waals surface area contributed by atoms with Crippen molar-refractivity contribution in [2.24, 2.45) is 5.92 Å². The molecule has 9 nitrogen and oxygen atoms in total. The number of carbonyl (C=O) groups is 1. The summed E-state index contributed by atoms with van der Waals surface area (Å²) in [6.07, 6.45) is -3.03. The molecule has 25 heavy (non-hydrogen) atoms. The van der Waals surface area contributed by atoms with Gasteiger partial charge in [0.15, 0.2) is 6.61 Å². The number of aliphatic hydroxyl groups excluding tert-OH is 2. The monoisotopic (exact) mass is 372 g/mol. The number of nitrogens with zero attached hydrogens (tertiary/aromatic N) is 3. The highest BCUT2D eigenvalue weighted by atomic mass is 32.1. The first-order valence-electron chi connectivity index (χ1n) is 7.26. The van der Waals surface area contributed by atoms with Gasteiger partial charge in [0.05, 0.1) is 5.92 Å². The molecule has 1 fully saturated rings. The maximum atomic E-state index is 15.0. The van der Waals surface area contributed by atoms with Crippen LogP contribution in [0.3, 0.4) is 0 Å². The quantitative estimate of drug-likeness (QED) is 0.491. The highest BCUT2D eigenvalue weighted by Crippen LogP contribution is 2.43. The van der Waals surface area contributed by atoms with E-state index in [1.54, 1.807) is 6.07 Å². The molecule has 1 aliphatic heterocycles. The van der Waals surface area contributed by atoms with Crippen molar-refractivity contribution in [2.75, 3.05) is 12.3 Å². The van der Waals surface area contributed by atoms with Crippen LogP contribution in [-0.2, 0) is 20.0 Å². The summed E-state index contributed by atoms with van der Waals surface area (Å²) in [6.45, 7) is 2.06. The first-order chi connectivity index (χ1) is 11.6. The first-order valence-corrected chi connectivity index (χ1v) is 7.67. The van der Waals surface area contributed by atoms with Crippen LogP contribution < -0.4 is 5.73 Å². The van der Waals surface area contributed by atoms with Crippen LogP contribution in [0.5, 0.6) is 0 Å². The molecule has 0 spiro atoms. The number of alkyl halides is 1. The Labute approximate surface area is 147 Å². The third-order valence-corrected chi connectivity index (χ3v) is 3.98. The van der Waals surface area contributed by atoms with Crippen molar-refractivity contribution < 1.29 is 28.9 Å². The Balaban J connectivity index is 2.40. The summed E-state index contributed by atoms with van der Waals surface area (Å²) in [5.74, 6) is -4.25. The number of anilines is 1. The van der Waals surface area contributed by atoms with Crippen LogP contribution in [0.1, 0.15) is 13.8 Å². The van der Waals surface area contributed by atoms with E-state index in [4.69, 9.17) is 27.4 Å². The van der Waals surface area contributed by atoms with E-state index in [0.29, 0.717) is 0 Å². The maximum absolute atomic E-state index is 15.0. The smallest absolute Gasteiger partial charge is 0.308 e. The van der Waals surface area contributed by atoms with Gasteiger partial charge in [0, 0.05) is 6.20 Å². The topological polar surface area (TPSA) is 144 Å². The van der Waals surface area contributed by atoms with Gasteiger partial charge < -0.3 is 20.7 Å². The van der Waals surface area contributed by atoms with Crippen LogP contribution >= 0.6 is 12.2 Å². The predicted molar refractivity (Wildman–Crippen MR) is 83.8 cm³/mol. The predicted octanol–water partition coefficient (Wildman–Crippen LogP) is -0.0118. The Morgan fingerprint density at radius 1 is 1.64 bits per heavy atom. The van der Waals surface area contributed by atoms with E-state index < -0.39 is 42.3 Å².